The number of esters is 2. The summed E-state index contributed by atoms with van der Waals surface area (Å²) in [6.07, 6.45) is 0. The van der Waals surface area contributed by atoms with E-state index in [1.54, 1.807) is 39.8 Å². The maximum absolute atomic E-state index is 12.6. The summed E-state index contributed by atoms with van der Waals surface area (Å²) in [5.74, 6) is -1.97. The Morgan fingerprint density at radius 3 is 2.17 bits per heavy atom. The average Bonchev–Trinajstić information content (AvgIpc) is 2.64. The van der Waals surface area contributed by atoms with Gasteiger partial charge in [-0.2, -0.15) is 0 Å². The van der Waals surface area contributed by atoms with Crippen molar-refractivity contribution >= 4 is 34.9 Å². The second kappa shape index (κ2) is 11.5. The van der Waals surface area contributed by atoms with Crippen LogP contribution in [0.15, 0.2) is 30.3 Å². The van der Waals surface area contributed by atoms with Crippen molar-refractivity contribution in [3.8, 4) is 0 Å². The van der Waals surface area contributed by atoms with Gasteiger partial charge in [0, 0.05) is 6.92 Å². The average molecular weight is 426 g/mol. The first-order valence-corrected chi connectivity index (χ1v) is 9.84. The Bertz CT molecular complexity index is 719. The van der Waals surface area contributed by atoms with Crippen molar-refractivity contribution in [2.75, 3.05) is 6.79 Å². The van der Waals surface area contributed by atoms with E-state index < -0.39 is 40.7 Å². The van der Waals surface area contributed by atoms with Crippen molar-refractivity contribution < 1.29 is 33.4 Å². The van der Waals surface area contributed by atoms with Gasteiger partial charge in [0.1, 0.15) is 12.6 Å². The zero-order chi connectivity index (χ0) is 22.0. The number of nitrogens with one attached hydrogen (secondary N) is 1. The molecule has 0 bridgehead atoms. The highest BCUT2D eigenvalue weighted by atomic mass is 32.2. The molecule has 0 spiro atoms. The van der Waals surface area contributed by atoms with E-state index in [1.807, 2.05) is 18.2 Å². The summed E-state index contributed by atoms with van der Waals surface area (Å²) < 4.78 is 13.9. The van der Waals surface area contributed by atoms with Crippen molar-refractivity contribution in [2.24, 2.45) is 5.92 Å². The van der Waals surface area contributed by atoms with Crippen molar-refractivity contribution in [2.45, 2.75) is 52.0 Å². The van der Waals surface area contributed by atoms with E-state index >= 15 is 0 Å². The molecule has 0 aliphatic rings. The summed E-state index contributed by atoms with van der Waals surface area (Å²) in [4.78, 5) is 47.6. The lowest BCUT2D eigenvalue weighted by atomic mass is 10.0. The first kappa shape index (κ1) is 24.5. The van der Waals surface area contributed by atoms with E-state index in [0.717, 1.165) is 5.56 Å². The molecule has 8 nitrogen and oxygen atoms in total. The van der Waals surface area contributed by atoms with Gasteiger partial charge in [0.05, 0.1) is 10.7 Å². The molecule has 0 radical (unpaired) electrons. The van der Waals surface area contributed by atoms with Crippen LogP contribution in [0.4, 0.5) is 4.79 Å². The van der Waals surface area contributed by atoms with E-state index in [9.17, 15) is 19.2 Å². The quantitative estimate of drug-likeness (QED) is 0.475. The van der Waals surface area contributed by atoms with Crippen LogP contribution < -0.4 is 5.32 Å². The molecule has 0 aliphatic heterocycles. The van der Waals surface area contributed by atoms with E-state index in [-0.39, 0.29) is 12.5 Å². The predicted octanol–water partition coefficient (Wildman–Crippen LogP) is 3.04. The molecule has 0 aliphatic carbocycles. The fourth-order valence-corrected chi connectivity index (χ4v) is 2.95. The Labute approximate surface area is 174 Å². The van der Waals surface area contributed by atoms with Gasteiger partial charge in [-0.1, -0.05) is 44.2 Å². The van der Waals surface area contributed by atoms with Gasteiger partial charge in [-0.05, 0) is 31.2 Å². The van der Waals surface area contributed by atoms with Crippen molar-refractivity contribution in [1.29, 1.82) is 0 Å². The third kappa shape index (κ3) is 8.99. The number of amides is 1. The summed E-state index contributed by atoms with van der Waals surface area (Å²) in [6, 6.07) is 7.98. The van der Waals surface area contributed by atoms with E-state index in [0.29, 0.717) is 11.8 Å². The summed E-state index contributed by atoms with van der Waals surface area (Å²) in [7, 11) is 0. The molecule has 1 aromatic rings. The van der Waals surface area contributed by atoms with Crippen LogP contribution >= 0.6 is 11.8 Å². The minimum absolute atomic E-state index is 0.0338. The first-order valence-electron chi connectivity index (χ1n) is 9.03. The molecule has 1 atom stereocenters. The van der Waals surface area contributed by atoms with E-state index in [1.165, 1.54) is 6.92 Å². The second-order valence-electron chi connectivity index (χ2n) is 7.06. The monoisotopic (exact) mass is 425 g/mol. The fourth-order valence-electron chi connectivity index (χ4n) is 2.14. The normalized spacial score (nSPS) is 12.1. The smallest absolute Gasteiger partial charge is 0.370 e. The molecule has 1 N–H and O–H groups in total. The van der Waals surface area contributed by atoms with Gasteiger partial charge in [0.15, 0.2) is 0 Å². The van der Waals surface area contributed by atoms with Gasteiger partial charge in [-0.25, -0.2) is 9.59 Å². The highest BCUT2D eigenvalue weighted by Gasteiger charge is 2.40. The molecule has 0 unspecified atom stereocenters. The molecular formula is C20H27NO7S. The number of thioether (sulfide) groups is 1. The number of carbonyl (C=O) groups is 4. The number of benzene rings is 1. The highest BCUT2D eigenvalue weighted by molar-refractivity contribution is 8.14. The Morgan fingerprint density at radius 1 is 1.00 bits per heavy atom. The largest absolute Gasteiger partial charge is 0.459 e. The third-order valence-electron chi connectivity index (χ3n) is 3.70. The van der Waals surface area contributed by atoms with E-state index in [2.05, 4.69) is 5.32 Å². The number of carbonyl (C=O) groups excluding carboxylic acids is 4. The van der Waals surface area contributed by atoms with Gasteiger partial charge in [0.2, 0.25) is 12.7 Å². The van der Waals surface area contributed by atoms with Crippen LogP contribution in [0, 0.1) is 5.92 Å². The standard InChI is InChI=1S/C20H27NO7S/c1-13(2)17(23)27-12-28-19(25)29-20(4,5)16(21-14(3)22)18(24)26-11-15-9-7-6-8-10-15/h6-10,13,16H,11-12H2,1-5H3,(H,21,22)/t16-/m0/s1. The summed E-state index contributed by atoms with van der Waals surface area (Å²) in [6.45, 7) is 7.28. The minimum atomic E-state index is -1.10. The molecule has 160 valence electrons. The molecule has 1 rings (SSSR count). The molecule has 0 saturated carbocycles. The van der Waals surface area contributed by atoms with Crippen molar-refractivity contribution in [3.63, 3.8) is 0 Å². The molecule has 0 saturated heterocycles. The molecule has 0 fully saturated rings. The zero-order valence-electron chi connectivity index (χ0n) is 17.2. The first-order chi connectivity index (χ1) is 13.5. The van der Waals surface area contributed by atoms with Crippen LogP contribution in [0.25, 0.3) is 0 Å². The Hall–Kier alpha value is -2.55. The Balaban J connectivity index is 2.70. The van der Waals surface area contributed by atoms with Crippen LogP contribution in [-0.2, 0) is 35.2 Å². The van der Waals surface area contributed by atoms with Gasteiger partial charge in [-0.15, -0.1) is 0 Å². The Morgan fingerprint density at radius 2 is 1.62 bits per heavy atom. The molecule has 9 heteroatoms. The summed E-state index contributed by atoms with van der Waals surface area (Å²) in [5.41, 5.74) is 0.791. The number of ether oxygens (including phenoxy) is 3. The van der Waals surface area contributed by atoms with Gasteiger partial charge in [-0.3, -0.25) is 9.59 Å². The lowest BCUT2D eigenvalue weighted by Gasteiger charge is -2.31. The number of hydrogen-bond acceptors (Lipinski definition) is 8. The van der Waals surface area contributed by atoms with Crippen LogP contribution in [-0.4, -0.2) is 40.7 Å². The second-order valence-corrected chi connectivity index (χ2v) is 8.65. The molecule has 1 amide bonds. The maximum Gasteiger partial charge on any atom is 0.370 e. The SMILES string of the molecule is CC(=O)N[C@@H](C(=O)OCc1ccccc1)C(C)(C)SC(=O)OCOC(=O)C(C)C. The Kier molecular flexibility index (Phi) is 9.67. The minimum Gasteiger partial charge on any atom is -0.459 e. The highest BCUT2D eigenvalue weighted by Crippen LogP contribution is 2.31. The lowest BCUT2D eigenvalue weighted by molar-refractivity contribution is -0.155. The van der Waals surface area contributed by atoms with Crippen molar-refractivity contribution in [1.82, 2.24) is 5.32 Å². The lowest BCUT2D eigenvalue weighted by Crippen LogP contribution is -2.53. The number of rotatable bonds is 9. The van der Waals surface area contributed by atoms with Gasteiger partial charge >= 0.3 is 17.2 Å². The summed E-state index contributed by atoms with van der Waals surface area (Å²) >= 11 is 0.694. The van der Waals surface area contributed by atoms with Crippen LogP contribution in [0.5, 0.6) is 0 Å². The van der Waals surface area contributed by atoms with Crippen LogP contribution in [0.2, 0.25) is 0 Å². The van der Waals surface area contributed by atoms with Crippen LogP contribution in [0.3, 0.4) is 0 Å². The topological polar surface area (TPSA) is 108 Å². The predicted molar refractivity (Wildman–Crippen MR) is 108 cm³/mol. The van der Waals surface area contributed by atoms with Gasteiger partial charge in [0.25, 0.3) is 0 Å². The third-order valence-corrected chi connectivity index (χ3v) is 4.74. The van der Waals surface area contributed by atoms with Gasteiger partial charge < -0.3 is 19.5 Å². The fraction of sp³-hybridized carbons (Fsp3) is 0.500. The molecule has 0 heterocycles. The molecular weight excluding hydrogens is 398 g/mol. The number of hydrogen-bond donors (Lipinski definition) is 1. The summed E-state index contributed by atoms with van der Waals surface area (Å²) in [5, 5.41) is 1.77. The van der Waals surface area contributed by atoms with Crippen molar-refractivity contribution in [3.05, 3.63) is 35.9 Å². The van der Waals surface area contributed by atoms with E-state index in [4.69, 9.17) is 14.2 Å². The molecule has 0 aromatic heterocycles. The maximum atomic E-state index is 12.6. The zero-order valence-corrected chi connectivity index (χ0v) is 18.0. The van der Waals surface area contributed by atoms with Crippen LogP contribution in [0.1, 0.15) is 40.2 Å². The molecule has 1 aromatic carbocycles. The molecule has 29 heavy (non-hydrogen) atoms.